The van der Waals surface area contributed by atoms with Gasteiger partial charge >= 0.3 is 0 Å². The molecule has 0 saturated carbocycles. The zero-order valence-electron chi connectivity index (χ0n) is 21.1. The molecule has 0 unspecified atom stereocenters. The van der Waals surface area contributed by atoms with Gasteiger partial charge in [0.05, 0.1) is 28.4 Å². The molecule has 11 heteroatoms. The maximum absolute atomic E-state index is 14.5. The maximum Gasteiger partial charge on any atom is 0.264 e. The van der Waals surface area contributed by atoms with Crippen LogP contribution in [0.1, 0.15) is 30.0 Å². The molecule has 38 heavy (non-hydrogen) atoms. The highest BCUT2D eigenvalue weighted by Crippen LogP contribution is 2.39. The van der Waals surface area contributed by atoms with E-state index in [1.165, 1.54) is 22.5 Å². The van der Waals surface area contributed by atoms with Gasteiger partial charge in [-0.25, -0.2) is 25.9 Å². The van der Waals surface area contributed by atoms with E-state index in [1.807, 2.05) is 13.0 Å². The van der Waals surface area contributed by atoms with Gasteiger partial charge < -0.3 is 4.74 Å². The lowest BCUT2D eigenvalue weighted by Crippen LogP contribution is -2.44. The Hall–Kier alpha value is -2.92. The molecule has 0 saturated heterocycles. The average molecular weight is 579 g/mol. The number of fused-ring (bicyclic) bond motifs is 1. The van der Waals surface area contributed by atoms with Gasteiger partial charge in [-0.05, 0) is 73.4 Å². The molecule has 1 heterocycles. The Morgan fingerprint density at radius 2 is 1.87 bits per heavy atom. The number of aryl methyl sites for hydroxylation is 1. The van der Waals surface area contributed by atoms with E-state index in [9.17, 15) is 21.2 Å². The van der Waals surface area contributed by atoms with Crippen LogP contribution in [-0.4, -0.2) is 42.3 Å². The fraction of sp³-hybridized carbons (Fsp3) is 0.259. The Balaban J connectivity index is 1.75. The van der Waals surface area contributed by atoms with Crippen LogP contribution in [0.5, 0.6) is 5.75 Å². The van der Waals surface area contributed by atoms with E-state index in [0.29, 0.717) is 22.6 Å². The van der Waals surface area contributed by atoms with E-state index in [4.69, 9.17) is 16.3 Å². The van der Waals surface area contributed by atoms with Crippen molar-refractivity contribution in [1.82, 2.24) is 4.72 Å². The molecule has 7 nitrogen and oxygen atoms in total. The smallest absolute Gasteiger partial charge is 0.264 e. The molecule has 202 valence electrons. The number of allylic oxidation sites excluding steroid dienone is 1. The standard InChI is InChI=1S/C27H28ClFN2O5S2/c1-18-6-4-7-22(14-18)38(34,35)31-17-21(12-13-30-37(3,32)33)36-26-11-10-20(16-25(26)31)15-19(2)27-23(28)8-5-9-24(27)29/h4-11,14-16,21,30H,12-13,17H2,1-3H3/b19-15+/t21-/m0/s1. The number of hydrogen-bond donors (Lipinski definition) is 1. The summed E-state index contributed by atoms with van der Waals surface area (Å²) in [6.07, 6.45) is 2.46. The van der Waals surface area contributed by atoms with E-state index in [1.54, 1.807) is 49.4 Å². The van der Waals surface area contributed by atoms with Crippen molar-refractivity contribution in [3.63, 3.8) is 0 Å². The molecule has 3 aromatic carbocycles. The molecule has 0 aliphatic carbocycles. The second-order valence-electron chi connectivity index (χ2n) is 9.20. The second-order valence-corrected chi connectivity index (χ2v) is 13.3. The third kappa shape index (κ3) is 6.37. The fourth-order valence-corrected chi connectivity index (χ4v) is 6.71. The van der Waals surface area contributed by atoms with Crippen LogP contribution in [0.2, 0.25) is 5.02 Å². The zero-order chi connectivity index (χ0) is 27.7. The summed E-state index contributed by atoms with van der Waals surface area (Å²) in [7, 11) is -7.38. The van der Waals surface area contributed by atoms with E-state index >= 15 is 0 Å². The molecule has 4 rings (SSSR count). The van der Waals surface area contributed by atoms with Gasteiger partial charge in [0, 0.05) is 12.1 Å². The number of nitrogens with one attached hydrogen (secondary N) is 1. The van der Waals surface area contributed by atoms with Crippen LogP contribution in [0.15, 0.2) is 65.6 Å². The number of sulfonamides is 2. The molecular formula is C27H28ClFN2O5S2. The summed E-state index contributed by atoms with van der Waals surface area (Å²) in [6, 6.07) is 16.2. The summed E-state index contributed by atoms with van der Waals surface area (Å²) in [4.78, 5) is 0.133. The van der Waals surface area contributed by atoms with Crippen LogP contribution < -0.4 is 13.8 Å². The van der Waals surface area contributed by atoms with Crippen LogP contribution in [0, 0.1) is 12.7 Å². The predicted molar refractivity (Wildman–Crippen MR) is 149 cm³/mol. The highest BCUT2D eigenvalue weighted by atomic mass is 35.5. The molecular weight excluding hydrogens is 551 g/mol. The number of rotatable bonds is 8. The predicted octanol–water partition coefficient (Wildman–Crippen LogP) is 5.24. The number of benzene rings is 3. The first kappa shape index (κ1) is 28.1. The molecule has 3 aromatic rings. The summed E-state index contributed by atoms with van der Waals surface area (Å²) < 4.78 is 74.8. The van der Waals surface area contributed by atoms with Crippen molar-refractivity contribution in [2.24, 2.45) is 0 Å². The largest absolute Gasteiger partial charge is 0.486 e. The van der Waals surface area contributed by atoms with Gasteiger partial charge in [0.1, 0.15) is 17.7 Å². The lowest BCUT2D eigenvalue weighted by Gasteiger charge is -2.36. The first-order valence-electron chi connectivity index (χ1n) is 11.8. The van der Waals surface area contributed by atoms with Crippen molar-refractivity contribution in [3.05, 3.63) is 88.2 Å². The molecule has 0 bridgehead atoms. The minimum absolute atomic E-state index is 0.0139. The van der Waals surface area contributed by atoms with Crippen molar-refractivity contribution >= 4 is 49.0 Å². The van der Waals surface area contributed by atoms with Gasteiger partial charge in [0.15, 0.2) is 0 Å². The molecule has 0 fully saturated rings. The van der Waals surface area contributed by atoms with Gasteiger partial charge in [0.2, 0.25) is 10.0 Å². The van der Waals surface area contributed by atoms with E-state index in [2.05, 4.69) is 4.72 Å². The fourth-order valence-electron chi connectivity index (χ4n) is 4.30. The Labute approximate surface area is 228 Å². The Bertz CT molecular complexity index is 1590. The summed E-state index contributed by atoms with van der Waals surface area (Å²) >= 11 is 6.22. The Morgan fingerprint density at radius 3 is 2.55 bits per heavy atom. The Morgan fingerprint density at radius 1 is 1.13 bits per heavy atom. The molecule has 1 N–H and O–H groups in total. The number of hydrogen-bond acceptors (Lipinski definition) is 5. The van der Waals surface area contributed by atoms with E-state index < -0.39 is 32.0 Å². The van der Waals surface area contributed by atoms with Crippen molar-refractivity contribution in [3.8, 4) is 5.75 Å². The number of anilines is 1. The number of halogens is 2. The summed E-state index contributed by atoms with van der Waals surface area (Å²) in [5.41, 5.74) is 2.60. The van der Waals surface area contributed by atoms with Crippen molar-refractivity contribution in [2.75, 3.05) is 23.7 Å². The molecule has 0 aromatic heterocycles. The van der Waals surface area contributed by atoms with E-state index in [0.717, 1.165) is 11.8 Å². The van der Waals surface area contributed by atoms with Crippen molar-refractivity contribution in [1.29, 1.82) is 0 Å². The van der Waals surface area contributed by atoms with Gasteiger partial charge in [0.25, 0.3) is 10.0 Å². The lowest BCUT2D eigenvalue weighted by atomic mass is 10.0. The van der Waals surface area contributed by atoms with Gasteiger partial charge in [-0.3, -0.25) is 4.31 Å². The first-order chi connectivity index (χ1) is 17.8. The monoisotopic (exact) mass is 578 g/mol. The summed E-state index contributed by atoms with van der Waals surface area (Å²) in [5.74, 6) is -0.114. The third-order valence-corrected chi connectivity index (χ3v) is 8.88. The van der Waals surface area contributed by atoms with Crippen molar-refractivity contribution < 1.29 is 26.0 Å². The van der Waals surface area contributed by atoms with Gasteiger partial charge in [-0.2, -0.15) is 0 Å². The summed E-state index contributed by atoms with van der Waals surface area (Å²) in [6.45, 7) is 3.62. The zero-order valence-corrected chi connectivity index (χ0v) is 23.5. The molecule has 0 amide bonds. The first-order valence-corrected chi connectivity index (χ1v) is 15.5. The molecule has 1 aliphatic heterocycles. The number of ether oxygens (including phenoxy) is 1. The topological polar surface area (TPSA) is 92.8 Å². The third-order valence-electron chi connectivity index (χ3n) is 6.06. The van der Waals surface area contributed by atoms with Crippen LogP contribution in [0.3, 0.4) is 0 Å². The second kappa shape index (κ2) is 11.1. The van der Waals surface area contributed by atoms with Gasteiger partial charge in [-0.1, -0.05) is 41.9 Å². The highest BCUT2D eigenvalue weighted by Gasteiger charge is 2.34. The normalized spacial score (nSPS) is 16.2. The van der Waals surface area contributed by atoms with Crippen LogP contribution >= 0.6 is 11.6 Å². The number of nitrogens with zero attached hydrogens (tertiary/aromatic N) is 1. The Kier molecular flexibility index (Phi) is 8.17. The minimum atomic E-state index is -3.98. The average Bonchev–Trinajstić information content (AvgIpc) is 2.83. The summed E-state index contributed by atoms with van der Waals surface area (Å²) in [5, 5.41) is 0.272. The lowest BCUT2D eigenvalue weighted by molar-refractivity contribution is 0.191. The van der Waals surface area contributed by atoms with Crippen LogP contribution in [0.25, 0.3) is 11.6 Å². The van der Waals surface area contributed by atoms with Crippen LogP contribution in [-0.2, 0) is 20.0 Å². The van der Waals surface area contributed by atoms with E-state index in [-0.39, 0.29) is 35.0 Å². The molecule has 0 spiro atoms. The molecule has 1 aliphatic rings. The minimum Gasteiger partial charge on any atom is -0.486 e. The van der Waals surface area contributed by atoms with Gasteiger partial charge in [-0.15, -0.1) is 0 Å². The highest BCUT2D eigenvalue weighted by molar-refractivity contribution is 7.92. The molecule has 1 atom stereocenters. The molecule has 0 radical (unpaired) electrons. The van der Waals surface area contributed by atoms with Crippen LogP contribution in [0.4, 0.5) is 10.1 Å². The van der Waals surface area contributed by atoms with Crippen molar-refractivity contribution in [2.45, 2.75) is 31.3 Å². The quantitative estimate of drug-likeness (QED) is 0.369. The SMILES string of the molecule is C/C(=C\c1ccc2c(c1)N(S(=O)(=O)c1cccc(C)c1)C[C@H](CCNS(C)(=O)=O)O2)c1c(F)cccc1Cl. The maximum atomic E-state index is 14.5.